The van der Waals surface area contributed by atoms with Gasteiger partial charge in [-0.2, -0.15) is 0 Å². The highest BCUT2D eigenvalue weighted by Gasteiger charge is 2.10. The maximum atomic E-state index is 13.4. The summed E-state index contributed by atoms with van der Waals surface area (Å²) in [4.78, 5) is 11.2. The first-order chi connectivity index (χ1) is 13.8. The predicted octanol–water partition coefficient (Wildman–Crippen LogP) is 5.01. The van der Waals surface area contributed by atoms with Crippen molar-refractivity contribution in [3.63, 3.8) is 0 Å². The lowest BCUT2D eigenvalue weighted by Gasteiger charge is -2.22. The summed E-state index contributed by atoms with van der Waals surface area (Å²) in [5.41, 5.74) is 4.36. The molecule has 0 aliphatic carbocycles. The Bertz CT molecular complexity index is 1040. The molecule has 4 rings (SSSR count). The summed E-state index contributed by atoms with van der Waals surface area (Å²) in [5, 5.41) is 0.828. The van der Waals surface area contributed by atoms with Crippen molar-refractivity contribution in [3.05, 3.63) is 108 Å². The molecule has 2 aromatic carbocycles. The Morgan fingerprint density at radius 1 is 0.786 bits per heavy atom. The first kappa shape index (κ1) is 18.3. The van der Waals surface area contributed by atoms with E-state index in [0.29, 0.717) is 0 Å². The number of aromatic nitrogens is 2. The first-order valence-corrected chi connectivity index (χ1v) is 9.47. The van der Waals surface area contributed by atoms with Crippen LogP contribution in [0.5, 0.6) is 0 Å². The van der Waals surface area contributed by atoms with E-state index in [9.17, 15) is 4.39 Å². The standard InChI is InChI=1S/C24H22FN3/c25-22-7-9-24-21(16-22)6-8-23(27-24)18-28(17-20-10-13-26-14-11-20)15-12-19-4-2-1-3-5-19/h1-11,13-14,16H,12,15,17-18H2. The molecule has 140 valence electrons. The zero-order valence-electron chi connectivity index (χ0n) is 15.6. The van der Waals surface area contributed by atoms with Gasteiger partial charge in [-0.15, -0.1) is 0 Å². The van der Waals surface area contributed by atoms with Gasteiger partial charge in [-0.05, 0) is 53.9 Å². The van der Waals surface area contributed by atoms with Crippen LogP contribution < -0.4 is 0 Å². The maximum absolute atomic E-state index is 13.4. The van der Waals surface area contributed by atoms with E-state index in [2.05, 4.69) is 34.1 Å². The molecule has 3 nitrogen and oxygen atoms in total. The summed E-state index contributed by atoms with van der Waals surface area (Å²) in [7, 11) is 0. The van der Waals surface area contributed by atoms with Gasteiger partial charge in [0.25, 0.3) is 0 Å². The zero-order chi connectivity index (χ0) is 19.2. The van der Waals surface area contributed by atoms with Gasteiger partial charge in [-0.25, -0.2) is 4.39 Å². The Kier molecular flexibility index (Phi) is 5.69. The van der Waals surface area contributed by atoms with Crippen molar-refractivity contribution >= 4 is 10.9 Å². The molecule has 0 saturated carbocycles. The lowest BCUT2D eigenvalue weighted by molar-refractivity contribution is 0.257. The molecule has 0 aliphatic rings. The molecule has 0 aliphatic heterocycles. The molecular weight excluding hydrogens is 349 g/mol. The highest BCUT2D eigenvalue weighted by atomic mass is 19.1. The van der Waals surface area contributed by atoms with Crippen LogP contribution in [-0.4, -0.2) is 21.4 Å². The number of hydrogen-bond acceptors (Lipinski definition) is 3. The number of pyridine rings is 2. The number of halogens is 1. The molecule has 2 aromatic heterocycles. The van der Waals surface area contributed by atoms with Gasteiger partial charge in [0, 0.05) is 37.4 Å². The Morgan fingerprint density at radius 2 is 1.61 bits per heavy atom. The lowest BCUT2D eigenvalue weighted by atomic mass is 10.1. The molecule has 0 saturated heterocycles. The summed E-state index contributed by atoms with van der Waals surface area (Å²) < 4.78 is 13.4. The Hall–Kier alpha value is -3.11. The van der Waals surface area contributed by atoms with Gasteiger partial charge < -0.3 is 0 Å². The van der Waals surface area contributed by atoms with Crippen LogP contribution in [0.25, 0.3) is 10.9 Å². The van der Waals surface area contributed by atoms with Crippen molar-refractivity contribution in [2.24, 2.45) is 0 Å². The van der Waals surface area contributed by atoms with Crippen molar-refractivity contribution in [2.45, 2.75) is 19.5 Å². The Balaban J connectivity index is 1.52. The largest absolute Gasteiger partial charge is 0.293 e. The third-order valence-corrected chi connectivity index (χ3v) is 4.81. The van der Waals surface area contributed by atoms with Crippen molar-refractivity contribution in [2.75, 3.05) is 6.54 Å². The number of nitrogens with zero attached hydrogens (tertiary/aromatic N) is 3. The van der Waals surface area contributed by atoms with Gasteiger partial charge in [0.05, 0.1) is 11.2 Å². The third kappa shape index (κ3) is 4.78. The maximum Gasteiger partial charge on any atom is 0.123 e. The van der Waals surface area contributed by atoms with Crippen molar-refractivity contribution in [3.8, 4) is 0 Å². The van der Waals surface area contributed by atoms with Gasteiger partial charge in [0.15, 0.2) is 0 Å². The molecule has 4 heteroatoms. The lowest BCUT2D eigenvalue weighted by Crippen LogP contribution is -2.26. The quantitative estimate of drug-likeness (QED) is 0.457. The van der Waals surface area contributed by atoms with Gasteiger partial charge in [-0.3, -0.25) is 14.9 Å². The minimum Gasteiger partial charge on any atom is -0.293 e. The molecule has 0 radical (unpaired) electrons. The predicted molar refractivity (Wildman–Crippen MR) is 110 cm³/mol. The fourth-order valence-electron chi connectivity index (χ4n) is 3.35. The number of rotatable bonds is 7. The first-order valence-electron chi connectivity index (χ1n) is 9.47. The normalized spacial score (nSPS) is 11.2. The van der Waals surface area contributed by atoms with Crippen molar-refractivity contribution in [1.29, 1.82) is 0 Å². The zero-order valence-corrected chi connectivity index (χ0v) is 15.6. The van der Waals surface area contributed by atoms with Crippen LogP contribution in [0, 0.1) is 5.82 Å². The van der Waals surface area contributed by atoms with Crippen LogP contribution in [0.3, 0.4) is 0 Å². The molecule has 0 spiro atoms. The molecule has 0 N–H and O–H groups in total. The minimum absolute atomic E-state index is 0.232. The van der Waals surface area contributed by atoms with E-state index in [1.165, 1.54) is 23.3 Å². The second kappa shape index (κ2) is 8.72. The Labute approximate surface area is 164 Å². The summed E-state index contributed by atoms with van der Waals surface area (Å²) in [6, 6.07) is 23.3. The summed E-state index contributed by atoms with van der Waals surface area (Å²) in [6.45, 7) is 2.50. The van der Waals surface area contributed by atoms with E-state index in [-0.39, 0.29) is 5.82 Å². The number of benzene rings is 2. The number of fused-ring (bicyclic) bond motifs is 1. The van der Waals surface area contributed by atoms with Crippen LogP contribution >= 0.6 is 0 Å². The van der Waals surface area contributed by atoms with Gasteiger partial charge in [0.1, 0.15) is 5.82 Å². The Morgan fingerprint density at radius 3 is 2.43 bits per heavy atom. The molecule has 4 aromatic rings. The molecule has 0 unspecified atom stereocenters. The van der Waals surface area contributed by atoms with Crippen LogP contribution in [0.2, 0.25) is 0 Å². The van der Waals surface area contributed by atoms with Gasteiger partial charge in [0.2, 0.25) is 0 Å². The molecule has 0 fully saturated rings. The van der Waals surface area contributed by atoms with E-state index in [0.717, 1.165) is 42.7 Å². The van der Waals surface area contributed by atoms with Crippen LogP contribution in [-0.2, 0) is 19.5 Å². The molecule has 28 heavy (non-hydrogen) atoms. The van der Waals surface area contributed by atoms with Crippen LogP contribution in [0.4, 0.5) is 4.39 Å². The SMILES string of the molecule is Fc1ccc2nc(CN(CCc3ccccc3)Cc3ccncc3)ccc2c1. The highest BCUT2D eigenvalue weighted by molar-refractivity contribution is 5.78. The molecule has 0 bridgehead atoms. The van der Waals surface area contributed by atoms with E-state index in [1.54, 1.807) is 6.07 Å². The van der Waals surface area contributed by atoms with E-state index in [1.807, 2.05) is 42.7 Å². The van der Waals surface area contributed by atoms with Gasteiger partial charge in [-0.1, -0.05) is 36.4 Å². The van der Waals surface area contributed by atoms with E-state index >= 15 is 0 Å². The molecule has 2 heterocycles. The minimum atomic E-state index is -0.232. The summed E-state index contributed by atoms with van der Waals surface area (Å²) >= 11 is 0. The van der Waals surface area contributed by atoms with Crippen molar-refractivity contribution < 1.29 is 4.39 Å². The van der Waals surface area contributed by atoms with E-state index < -0.39 is 0 Å². The molecule has 0 atom stereocenters. The third-order valence-electron chi connectivity index (χ3n) is 4.81. The summed E-state index contributed by atoms with van der Waals surface area (Å²) in [6.07, 6.45) is 4.63. The fraction of sp³-hybridized carbons (Fsp3) is 0.167. The smallest absolute Gasteiger partial charge is 0.123 e. The number of hydrogen-bond donors (Lipinski definition) is 0. The van der Waals surface area contributed by atoms with Crippen molar-refractivity contribution in [1.82, 2.24) is 14.9 Å². The molecule has 0 amide bonds. The van der Waals surface area contributed by atoms with E-state index in [4.69, 9.17) is 4.98 Å². The monoisotopic (exact) mass is 371 g/mol. The second-order valence-corrected chi connectivity index (χ2v) is 6.94. The van der Waals surface area contributed by atoms with Crippen LogP contribution in [0.15, 0.2) is 85.2 Å². The average molecular weight is 371 g/mol. The van der Waals surface area contributed by atoms with Gasteiger partial charge >= 0.3 is 0 Å². The van der Waals surface area contributed by atoms with Crippen LogP contribution in [0.1, 0.15) is 16.8 Å². The highest BCUT2D eigenvalue weighted by Crippen LogP contribution is 2.16. The molecular formula is C24H22FN3. The topological polar surface area (TPSA) is 29.0 Å². The second-order valence-electron chi connectivity index (χ2n) is 6.94. The average Bonchev–Trinajstić information content (AvgIpc) is 2.74. The fourth-order valence-corrected chi connectivity index (χ4v) is 3.35. The summed E-state index contributed by atoms with van der Waals surface area (Å²) in [5.74, 6) is -0.232.